The molecule has 0 radical (unpaired) electrons. The standard InChI is InChI=1S/C18H23FN4O2/c1-5-25-18(24)22-14-6-7-15(23-17(14)20)21-9-13-10(2)8-11(3)16(19)12(13)4/h6-8H,5,9H2,1-4H3,(H,22,24)(H3,20,21,23). The van der Waals surface area contributed by atoms with Crippen LogP contribution in [0.5, 0.6) is 0 Å². The van der Waals surface area contributed by atoms with E-state index in [0.717, 1.165) is 11.1 Å². The molecule has 0 unspecified atom stereocenters. The van der Waals surface area contributed by atoms with Gasteiger partial charge in [0.05, 0.1) is 12.3 Å². The van der Waals surface area contributed by atoms with E-state index in [9.17, 15) is 9.18 Å². The number of halogens is 1. The summed E-state index contributed by atoms with van der Waals surface area (Å²) in [5.74, 6) is 0.511. The lowest BCUT2D eigenvalue weighted by molar-refractivity contribution is 0.168. The molecule has 1 heterocycles. The number of nitrogens with two attached hydrogens (primary N) is 1. The van der Waals surface area contributed by atoms with Crippen LogP contribution in [0.4, 0.5) is 26.5 Å². The van der Waals surface area contributed by atoms with Crippen LogP contribution >= 0.6 is 0 Å². The van der Waals surface area contributed by atoms with Crippen molar-refractivity contribution in [2.75, 3.05) is 23.0 Å². The quantitative estimate of drug-likeness (QED) is 0.764. The van der Waals surface area contributed by atoms with Crippen LogP contribution in [-0.4, -0.2) is 17.7 Å². The smallest absolute Gasteiger partial charge is 0.411 e. The number of rotatable bonds is 5. The van der Waals surface area contributed by atoms with E-state index in [4.69, 9.17) is 10.5 Å². The number of aryl methyl sites for hydroxylation is 2. The Morgan fingerprint density at radius 2 is 2.00 bits per heavy atom. The molecule has 0 fully saturated rings. The maximum absolute atomic E-state index is 14.1. The molecule has 1 aromatic carbocycles. The highest BCUT2D eigenvalue weighted by atomic mass is 19.1. The number of anilines is 3. The number of pyridine rings is 1. The third-order valence-electron chi connectivity index (χ3n) is 3.92. The number of nitrogens with zero attached hydrogens (tertiary/aromatic N) is 1. The van der Waals surface area contributed by atoms with E-state index < -0.39 is 6.09 Å². The Morgan fingerprint density at radius 3 is 2.64 bits per heavy atom. The van der Waals surface area contributed by atoms with Crippen molar-refractivity contribution in [1.82, 2.24) is 4.98 Å². The van der Waals surface area contributed by atoms with Crippen LogP contribution in [0.15, 0.2) is 18.2 Å². The normalized spacial score (nSPS) is 10.4. The second-order valence-electron chi connectivity index (χ2n) is 5.76. The summed E-state index contributed by atoms with van der Waals surface area (Å²) in [6.45, 7) is 7.87. The van der Waals surface area contributed by atoms with Gasteiger partial charge in [-0.3, -0.25) is 5.32 Å². The number of carbonyl (C=O) groups excluding carboxylic acids is 1. The highest BCUT2D eigenvalue weighted by Crippen LogP contribution is 2.23. The van der Waals surface area contributed by atoms with Gasteiger partial charge in [0.2, 0.25) is 0 Å². The van der Waals surface area contributed by atoms with Gasteiger partial charge in [0.25, 0.3) is 0 Å². The zero-order valence-corrected chi connectivity index (χ0v) is 14.9. The Balaban J connectivity index is 2.11. The van der Waals surface area contributed by atoms with Crippen molar-refractivity contribution in [2.45, 2.75) is 34.2 Å². The van der Waals surface area contributed by atoms with Gasteiger partial charge in [0.15, 0.2) is 0 Å². The average Bonchev–Trinajstić information content (AvgIpc) is 2.55. The lowest BCUT2D eigenvalue weighted by atomic mass is 9.99. The van der Waals surface area contributed by atoms with Crippen molar-refractivity contribution < 1.29 is 13.9 Å². The Hall–Kier alpha value is -2.83. The monoisotopic (exact) mass is 346 g/mol. The first-order valence-corrected chi connectivity index (χ1v) is 8.02. The van der Waals surface area contributed by atoms with E-state index in [0.29, 0.717) is 29.2 Å². The Kier molecular flexibility index (Phi) is 5.80. The molecule has 0 spiro atoms. The van der Waals surface area contributed by atoms with Gasteiger partial charge in [-0.25, -0.2) is 14.2 Å². The lowest BCUT2D eigenvalue weighted by Gasteiger charge is -2.15. The number of amides is 1. The molecule has 134 valence electrons. The molecule has 1 aromatic heterocycles. The van der Waals surface area contributed by atoms with E-state index in [1.54, 1.807) is 32.9 Å². The third-order valence-corrected chi connectivity index (χ3v) is 3.92. The van der Waals surface area contributed by atoms with E-state index in [1.807, 2.05) is 13.0 Å². The molecule has 1 amide bonds. The first kappa shape index (κ1) is 18.5. The summed E-state index contributed by atoms with van der Waals surface area (Å²) >= 11 is 0. The summed E-state index contributed by atoms with van der Waals surface area (Å²) in [7, 11) is 0. The minimum Gasteiger partial charge on any atom is -0.450 e. The SMILES string of the molecule is CCOC(=O)Nc1ccc(NCc2c(C)cc(C)c(F)c2C)nc1N. The number of aromatic nitrogens is 1. The number of benzene rings is 1. The fourth-order valence-electron chi connectivity index (χ4n) is 2.61. The Morgan fingerprint density at radius 1 is 1.28 bits per heavy atom. The fourth-order valence-corrected chi connectivity index (χ4v) is 2.61. The van der Waals surface area contributed by atoms with Crippen molar-refractivity contribution in [1.29, 1.82) is 0 Å². The van der Waals surface area contributed by atoms with Crippen molar-refractivity contribution in [3.8, 4) is 0 Å². The molecule has 6 nitrogen and oxygen atoms in total. The van der Waals surface area contributed by atoms with Crippen LogP contribution < -0.4 is 16.4 Å². The second-order valence-corrected chi connectivity index (χ2v) is 5.76. The first-order chi connectivity index (χ1) is 11.8. The number of hydrogen-bond donors (Lipinski definition) is 3. The van der Waals surface area contributed by atoms with Crippen LogP contribution in [0, 0.1) is 26.6 Å². The number of ether oxygens (including phenoxy) is 1. The molecular formula is C18H23FN4O2. The topological polar surface area (TPSA) is 89.3 Å². The number of nitrogens with one attached hydrogen (secondary N) is 2. The summed E-state index contributed by atoms with van der Waals surface area (Å²) in [5.41, 5.74) is 9.39. The van der Waals surface area contributed by atoms with E-state index in [2.05, 4.69) is 15.6 Å². The molecule has 2 aromatic rings. The molecule has 0 atom stereocenters. The fraction of sp³-hybridized carbons (Fsp3) is 0.333. The number of hydrogen-bond acceptors (Lipinski definition) is 5. The third kappa shape index (κ3) is 4.37. The molecule has 0 aliphatic carbocycles. The molecule has 4 N–H and O–H groups in total. The average molecular weight is 346 g/mol. The largest absolute Gasteiger partial charge is 0.450 e. The predicted molar refractivity (Wildman–Crippen MR) is 97.2 cm³/mol. The summed E-state index contributed by atoms with van der Waals surface area (Å²) < 4.78 is 18.9. The van der Waals surface area contributed by atoms with Gasteiger partial charge in [0.1, 0.15) is 17.5 Å². The molecule has 2 rings (SSSR count). The summed E-state index contributed by atoms with van der Waals surface area (Å²) in [4.78, 5) is 15.6. The highest BCUT2D eigenvalue weighted by molar-refractivity contribution is 5.88. The van der Waals surface area contributed by atoms with Gasteiger partial charge in [-0.2, -0.15) is 0 Å². The number of nitrogen functional groups attached to an aromatic ring is 1. The molecule has 0 saturated carbocycles. The van der Waals surface area contributed by atoms with Crippen LogP contribution in [0.2, 0.25) is 0 Å². The van der Waals surface area contributed by atoms with Gasteiger partial charge in [-0.1, -0.05) is 6.07 Å². The molecule has 0 aliphatic rings. The van der Waals surface area contributed by atoms with Crippen molar-refractivity contribution in [3.63, 3.8) is 0 Å². The second kappa shape index (κ2) is 7.83. The van der Waals surface area contributed by atoms with Gasteiger partial charge < -0.3 is 15.8 Å². The zero-order chi connectivity index (χ0) is 18.6. The zero-order valence-electron chi connectivity index (χ0n) is 14.9. The van der Waals surface area contributed by atoms with Crippen LogP contribution in [0.3, 0.4) is 0 Å². The van der Waals surface area contributed by atoms with Crippen LogP contribution in [-0.2, 0) is 11.3 Å². The minimum atomic E-state index is -0.585. The summed E-state index contributed by atoms with van der Waals surface area (Å²) in [5, 5.41) is 5.65. The minimum absolute atomic E-state index is 0.168. The maximum atomic E-state index is 14.1. The van der Waals surface area contributed by atoms with Gasteiger partial charge in [-0.15, -0.1) is 0 Å². The Labute approximate surface area is 146 Å². The molecular weight excluding hydrogens is 323 g/mol. The molecule has 0 aliphatic heterocycles. The van der Waals surface area contributed by atoms with Crippen LogP contribution in [0.1, 0.15) is 29.2 Å². The van der Waals surface area contributed by atoms with E-state index in [-0.39, 0.29) is 18.2 Å². The highest BCUT2D eigenvalue weighted by Gasteiger charge is 2.12. The molecule has 0 bridgehead atoms. The van der Waals surface area contributed by atoms with Gasteiger partial charge in [0, 0.05) is 6.54 Å². The lowest BCUT2D eigenvalue weighted by Crippen LogP contribution is -2.15. The van der Waals surface area contributed by atoms with E-state index >= 15 is 0 Å². The molecule has 0 saturated heterocycles. The van der Waals surface area contributed by atoms with Crippen molar-refractivity contribution >= 4 is 23.4 Å². The van der Waals surface area contributed by atoms with Gasteiger partial charge >= 0.3 is 6.09 Å². The van der Waals surface area contributed by atoms with E-state index in [1.165, 1.54) is 0 Å². The summed E-state index contributed by atoms with van der Waals surface area (Å²) in [6, 6.07) is 5.15. The summed E-state index contributed by atoms with van der Waals surface area (Å²) in [6.07, 6.45) is -0.585. The van der Waals surface area contributed by atoms with Crippen molar-refractivity contribution in [2.24, 2.45) is 0 Å². The number of carbonyl (C=O) groups is 1. The maximum Gasteiger partial charge on any atom is 0.411 e. The first-order valence-electron chi connectivity index (χ1n) is 8.02. The molecule has 7 heteroatoms. The Bertz CT molecular complexity index is 793. The van der Waals surface area contributed by atoms with Gasteiger partial charge in [-0.05, 0) is 62.1 Å². The van der Waals surface area contributed by atoms with Crippen LogP contribution in [0.25, 0.3) is 0 Å². The van der Waals surface area contributed by atoms with Crippen molar-refractivity contribution in [3.05, 3.63) is 46.3 Å². The molecule has 25 heavy (non-hydrogen) atoms. The predicted octanol–water partition coefficient (Wildman–Crippen LogP) is 3.91.